The van der Waals surface area contributed by atoms with Crippen molar-refractivity contribution in [1.29, 1.82) is 5.41 Å². The number of carboxylic acid groups (broad SMARTS) is 1. The molecule has 0 aliphatic rings. The zero-order valence-electron chi connectivity index (χ0n) is 15.0. The molecule has 0 bridgehead atoms. The molecule has 6 N–H and O–H groups in total. The van der Waals surface area contributed by atoms with E-state index in [0.29, 0.717) is 23.2 Å². The zero-order chi connectivity index (χ0) is 19.3. The van der Waals surface area contributed by atoms with Crippen molar-refractivity contribution in [3.05, 3.63) is 58.7 Å². The first kappa shape index (κ1) is 19.3. The van der Waals surface area contributed by atoms with Crippen LogP contribution in [-0.2, 0) is 17.6 Å². The highest BCUT2D eigenvalue weighted by atomic mass is 16.4. The number of aromatic hydroxyl groups is 1. The molecule has 1 atom stereocenters. The number of hydrogen-bond donors (Lipinski definition) is 5. The molecule has 1 unspecified atom stereocenters. The Kier molecular flexibility index (Phi) is 6.22. The van der Waals surface area contributed by atoms with E-state index >= 15 is 0 Å². The molecule has 0 aromatic heterocycles. The molecule has 0 saturated heterocycles. The van der Waals surface area contributed by atoms with Gasteiger partial charge in [0.1, 0.15) is 11.6 Å². The lowest BCUT2D eigenvalue weighted by molar-refractivity contribution is -0.138. The maximum absolute atomic E-state index is 11.9. The predicted octanol–water partition coefficient (Wildman–Crippen LogP) is 3.43. The standard InChI is InChI=1S/C20H25N3O3/c1-3-5-14-10-12(4-2)11-16(18(14)24)17(20(25)26)23-15-8-6-13(7-9-15)19(21)22/h6-11,17,23-24H,3-5H2,1-2H3,(H3,21,22)(H,25,26). The second kappa shape index (κ2) is 8.38. The molecule has 0 aliphatic carbocycles. The van der Waals surface area contributed by atoms with Crippen LogP contribution >= 0.6 is 0 Å². The summed E-state index contributed by atoms with van der Waals surface area (Å²) in [5.41, 5.74) is 8.68. The molecule has 0 heterocycles. The van der Waals surface area contributed by atoms with Gasteiger partial charge in [-0.1, -0.05) is 26.3 Å². The Bertz CT molecular complexity index is 801. The number of benzene rings is 2. The van der Waals surface area contributed by atoms with Crippen LogP contribution < -0.4 is 11.1 Å². The Morgan fingerprint density at radius 3 is 2.38 bits per heavy atom. The number of anilines is 1. The van der Waals surface area contributed by atoms with Crippen molar-refractivity contribution in [3.63, 3.8) is 0 Å². The Labute approximate surface area is 153 Å². The van der Waals surface area contributed by atoms with E-state index in [9.17, 15) is 15.0 Å². The average molecular weight is 355 g/mol. The number of nitrogens with one attached hydrogen (secondary N) is 2. The Hall–Kier alpha value is -3.02. The summed E-state index contributed by atoms with van der Waals surface area (Å²) >= 11 is 0. The molecule has 2 aromatic rings. The van der Waals surface area contributed by atoms with Crippen LogP contribution in [-0.4, -0.2) is 22.0 Å². The van der Waals surface area contributed by atoms with Gasteiger partial charge in [-0.25, -0.2) is 4.79 Å². The molecule has 0 aliphatic heterocycles. The number of nitrogens with two attached hydrogens (primary N) is 1. The Morgan fingerprint density at radius 2 is 1.88 bits per heavy atom. The molecule has 0 amide bonds. The average Bonchev–Trinajstić information content (AvgIpc) is 2.62. The first-order chi connectivity index (χ1) is 12.4. The minimum Gasteiger partial charge on any atom is -0.507 e. The van der Waals surface area contributed by atoms with Crippen LogP contribution in [0.1, 0.15) is 48.6 Å². The fourth-order valence-corrected chi connectivity index (χ4v) is 2.86. The highest BCUT2D eigenvalue weighted by Gasteiger charge is 2.25. The van der Waals surface area contributed by atoms with Gasteiger partial charge in [-0.15, -0.1) is 0 Å². The van der Waals surface area contributed by atoms with Gasteiger partial charge in [-0.3, -0.25) is 5.41 Å². The van der Waals surface area contributed by atoms with Gasteiger partial charge in [-0.05, 0) is 54.3 Å². The van der Waals surface area contributed by atoms with E-state index in [1.165, 1.54) is 0 Å². The van der Waals surface area contributed by atoms with Crippen molar-refractivity contribution in [2.75, 3.05) is 5.32 Å². The summed E-state index contributed by atoms with van der Waals surface area (Å²) in [5.74, 6) is -1.10. The molecule has 26 heavy (non-hydrogen) atoms. The summed E-state index contributed by atoms with van der Waals surface area (Å²) in [5, 5.41) is 30.7. The topological polar surface area (TPSA) is 119 Å². The Balaban J connectivity index is 2.42. The van der Waals surface area contributed by atoms with Crippen LogP contribution in [0.4, 0.5) is 5.69 Å². The van der Waals surface area contributed by atoms with Crippen LogP contribution in [0, 0.1) is 5.41 Å². The van der Waals surface area contributed by atoms with Gasteiger partial charge in [0.05, 0.1) is 0 Å². The summed E-state index contributed by atoms with van der Waals surface area (Å²) in [6.45, 7) is 4.01. The summed E-state index contributed by atoms with van der Waals surface area (Å²) in [4.78, 5) is 11.9. The summed E-state index contributed by atoms with van der Waals surface area (Å²) < 4.78 is 0. The lowest BCUT2D eigenvalue weighted by Gasteiger charge is -2.20. The quantitative estimate of drug-likeness (QED) is 0.367. The van der Waals surface area contributed by atoms with Gasteiger partial charge in [0.15, 0.2) is 6.04 Å². The smallest absolute Gasteiger partial charge is 0.330 e. The minimum absolute atomic E-state index is 0.0318. The first-order valence-electron chi connectivity index (χ1n) is 8.65. The van der Waals surface area contributed by atoms with Gasteiger partial charge >= 0.3 is 5.97 Å². The van der Waals surface area contributed by atoms with Crippen LogP contribution in [0.5, 0.6) is 5.75 Å². The molecule has 0 spiro atoms. The number of aryl methyl sites for hydroxylation is 2. The molecule has 138 valence electrons. The van der Waals surface area contributed by atoms with Crippen molar-refractivity contribution in [2.45, 2.75) is 39.2 Å². The van der Waals surface area contributed by atoms with Crippen molar-refractivity contribution >= 4 is 17.5 Å². The molecule has 0 fully saturated rings. The zero-order valence-corrected chi connectivity index (χ0v) is 15.0. The van der Waals surface area contributed by atoms with E-state index in [0.717, 1.165) is 24.0 Å². The van der Waals surface area contributed by atoms with Crippen LogP contribution in [0.15, 0.2) is 36.4 Å². The number of carbonyl (C=O) groups is 1. The Morgan fingerprint density at radius 1 is 1.23 bits per heavy atom. The lowest BCUT2D eigenvalue weighted by Crippen LogP contribution is -2.21. The highest BCUT2D eigenvalue weighted by molar-refractivity contribution is 5.95. The molecule has 2 rings (SSSR count). The summed E-state index contributed by atoms with van der Waals surface area (Å²) in [7, 11) is 0. The number of rotatable bonds is 8. The van der Waals surface area contributed by atoms with Crippen LogP contribution in [0.25, 0.3) is 0 Å². The second-order valence-corrected chi connectivity index (χ2v) is 6.20. The summed E-state index contributed by atoms with van der Waals surface area (Å²) in [6.07, 6.45) is 2.30. The molecular weight excluding hydrogens is 330 g/mol. The number of amidine groups is 1. The van der Waals surface area contributed by atoms with E-state index in [1.807, 2.05) is 19.9 Å². The summed E-state index contributed by atoms with van der Waals surface area (Å²) in [6, 6.07) is 9.22. The SMILES string of the molecule is CCCc1cc(CC)cc(C(Nc2ccc(C(=N)N)cc2)C(=O)O)c1O. The third kappa shape index (κ3) is 4.33. The first-order valence-corrected chi connectivity index (χ1v) is 8.65. The van der Waals surface area contributed by atoms with E-state index < -0.39 is 12.0 Å². The molecule has 0 radical (unpaired) electrons. The van der Waals surface area contributed by atoms with Gasteiger partial charge in [0, 0.05) is 16.8 Å². The monoisotopic (exact) mass is 355 g/mol. The molecule has 2 aromatic carbocycles. The number of hydrogen-bond acceptors (Lipinski definition) is 4. The molecule has 6 nitrogen and oxygen atoms in total. The van der Waals surface area contributed by atoms with Gasteiger partial charge in [0.25, 0.3) is 0 Å². The van der Waals surface area contributed by atoms with Gasteiger partial charge < -0.3 is 21.3 Å². The second-order valence-electron chi connectivity index (χ2n) is 6.20. The number of phenols is 1. The third-order valence-electron chi connectivity index (χ3n) is 4.27. The number of carboxylic acids is 1. The number of aliphatic carboxylic acids is 1. The maximum atomic E-state index is 11.9. The van der Waals surface area contributed by atoms with E-state index in [2.05, 4.69) is 5.32 Å². The van der Waals surface area contributed by atoms with Crippen molar-refractivity contribution in [3.8, 4) is 5.75 Å². The fourth-order valence-electron chi connectivity index (χ4n) is 2.86. The maximum Gasteiger partial charge on any atom is 0.330 e. The van der Waals surface area contributed by atoms with Gasteiger partial charge in [-0.2, -0.15) is 0 Å². The van der Waals surface area contributed by atoms with E-state index in [4.69, 9.17) is 11.1 Å². The lowest BCUT2D eigenvalue weighted by atomic mass is 9.95. The molecule has 0 saturated carbocycles. The van der Waals surface area contributed by atoms with Crippen molar-refractivity contribution in [2.24, 2.45) is 5.73 Å². The highest BCUT2D eigenvalue weighted by Crippen LogP contribution is 2.33. The number of nitrogen functional groups attached to an aromatic ring is 1. The van der Waals surface area contributed by atoms with Crippen LogP contribution in [0.2, 0.25) is 0 Å². The largest absolute Gasteiger partial charge is 0.507 e. The minimum atomic E-state index is -1.08. The van der Waals surface area contributed by atoms with Crippen LogP contribution in [0.3, 0.4) is 0 Å². The molecular formula is C20H25N3O3. The van der Waals surface area contributed by atoms with E-state index in [1.54, 1.807) is 30.3 Å². The normalized spacial score (nSPS) is 11.8. The van der Waals surface area contributed by atoms with E-state index in [-0.39, 0.29) is 11.6 Å². The van der Waals surface area contributed by atoms with Crippen molar-refractivity contribution in [1.82, 2.24) is 0 Å². The van der Waals surface area contributed by atoms with Crippen molar-refractivity contribution < 1.29 is 15.0 Å². The molecule has 6 heteroatoms. The third-order valence-corrected chi connectivity index (χ3v) is 4.27. The fraction of sp³-hybridized carbons (Fsp3) is 0.300. The predicted molar refractivity (Wildman–Crippen MR) is 103 cm³/mol. The number of phenolic OH excluding ortho intramolecular Hbond substituents is 1. The van der Waals surface area contributed by atoms with Gasteiger partial charge in [0.2, 0.25) is 0 Å².